The van der Waals surface area contributed by atoms with E-state index >= 15 is 0 Å². The van der Waals surface area contributed by atoms with Gasteiger partial charge in [0.1, 0.15) is 0 Å². The van der Waals surface area contributed by atoms with Crippen LogP contribution in [0.2, 0.25) is 0 Å². The van der Waals surface area contributed by atoms with Crippen molar-refractivity contribution in [1.82, 2.24) is 0 Å². The van der Waals surface area contributed by atoms with Crippen molar-refractivity contribution in [2.45, 2.75) is 40.5 Å². The lowest BCUT2D eigenvalue weighted by molar-refractivity contribution is -0.115. The number of carbonyl (C=O) groups excluding carboxylic acids is 1. The summed E-state index contributed by atoms with van der Waals surface area (Å²) in [6.45, 7) is 8.06. The van der Waals surface area contributed by atoms with Gasteiger partial charge in [0.15, 0.2) is 5.78 Å². The van der Waals surface area contributed by atoms with Crippen molar-refractivity contribution in [1.29, 1.82) is 0 Å². The smallest absolute Gasteiger partial charge is 0.157 e. The Bertz CT molecular complexity index is 156. The highest BCUT2D eigenvalue weighted by atomic mass is 16.1. The minimum Gasteiger partial charge on any atom is -0.295 e. The second-order valence-electron chi connectivity index (χ2n) is 3.01. The first-order chi connectivity index (χ1) is 5.11. The lowest BCUT2D eigenvalue weighted by Gasteiger charge is -2.02. The van der Waals surface area contributed by atoms with E-state index in [9.17, 15) is 4.79 Å². The van der Waals surface area contributed by atoms with E-state index in [4.69, 9.17) is 0 Å². The van der Waals surface area contributed by atoms with Crippen LogP contribution < -0.4 is 0 Å². The van der Waals surface area contributed by atoms with Crippen molar-refractivity contribution in [2.24, 2.45) is 5.92 Å². The third kappa shape index (κ3) is 3.97. The first-order valence-electron chi connectivity index (χ1n) is 4.33. The molecular weight excluding hydrogens is 136 g/mol. The van der Waals surface area contributed by atoms with Gasteiger partial charge in [0.2, 0.25) is 0 Å². The molecule has 0 rings (SSSR count). The van der Waals surface area contributed by atoms with Crippen LogP contribution in [0.1, 0.15) is 40.5 Å². The number of carbonyl (C=O) groups is 1. The summed E-state index contributed by atoms with van der Waals surface area (Å²) < 4.78 is 0. The van der Waals surface area contributed by atoms with Crippen LogP contribution in [-0.4, -0.2) is 5.78 Å². The van der Waals surface area contributed by atoms with Gasteiger partial charge in [-0.25, -0.2) is 0 Å². The summed E-state index contributed by atoms with van der Waals surface area (Å²) in [5.41, 5.74) is 0.918. The third-order valence-electron chi connectivity index (χ3n) is 1.94. The molecule has 0 N–H and O–H groups in total. The van der Waals surface area contributed by atoms with Crippen molar-refractivity contribution < 1.29 is 4.79 Å². The predicted octanol–water partition coefficient (Wildman–Crippen LogP) is 2.96. The minimum absolute atomic E-state index is 0.269. The number of ketones is 1. The Kier molecular flexibility index (Phi) is 4.84. The molecule has 0 spiro atoms. The Morgan fingerprint density at radius 1 is 1.45 bits per heavy atom. The lowest BCUT2D eigenvalue weighted by Crippen LogP contribution is -1.99. The molecule has 0 aliphatic rings. The summed E-state index contributed by atoms with van der Waals surface area (Å²) in [6, 6.07) is 0. The van der Waals surface area contributed by atoms with Crippen molar-refractivity contribution >= 4 is 5.78 Å². The Balaban J connectivity index is 4.09. The molecule has 0 radical (unpaired) electrons. The van der Waals surface area contributed by atoms with Crippen LogP contribution in [0, 0.1) is 5.92 Å². The van der Waals surface area contributed by atoms with Crippen LogP contribution in [-0.2, 0) is 4.79 Å². The average molecular weight is 154 g/mol. The van der Waals surface area contributed by atoms with Crippen LogP contribution in [0.15, 0.2) is 11.6 Å². The number of hydrogen-bond donors (Lipinski definition) is 0. The van der Waals surface area contributed by atoms with E-state index in [0.29, 0.717) is 12.3 Å². The summed E-state index contributed by atoms with van der Waals surface area (Å²) in [5.74, 6) is 0.802. The number of hydrogen-bond acceptors (Lipinski definition) is 1. The Morgan fingerprint density at radius 3 is 2.36 bits per heavy atom. The Hall–Kier alpha value is -0.590. The van der Waals surface area contributed by atoms with Gasteiger partial charge in [-0.2, -0.15) is 0 Å². The highest BCUT2D eigenvalue weighted by Crippen LogP contribution is 2.08. The first kappa shape index (κ1) is 10.4. The molecule has 1 unspecified atom stereocenters. The monoisotopic (exact) mass is 154 g/mol. The molecule has 0 aromatic rings. The third-order valence-corrected chi connectivity index (χ3v) is 1.94. The Labute approximate surface area is 69.5 Å². The molecule has 0 aliphatic heterocycles. The van der Waals surface area contributed by atoms with Gasteiger partial charge < -0.3 is 0 Å². The molecule has 0 fully saturated rings. The van der Waals surface area contributed by atoms with E-state index in [0.717, 1.165) is 12.0 Å². The molecule has 0 aromatic heterocycles. The summed E-state index contributed by atoms with van der Waals surface area (Å²) in [6.07, 6.45) is 3.79. The van der Waals surface area contributed by atoms with Crippen molar-refractivity contribution in [2.75, 3.05) is 0 Å². The highest BCUT2D eigenvalue weighted by Gasteiger charge is 2.01. The average Bonchev–Trinajstić information content (AvgIpc) is 2.02. The van der Waals surface area contributed by atoms with Crippen LogP contribution >= 0.6 is 0 Å². The molecule has 0 heterocycles. The number of Topliss-reactive ketones (excluding diaryl/α,β-unsaturated/α-hetero) is 1. The van der Waals surface area contributed by atoms with E-state index in [-0.39, 0.29) is 5.78 Å². The van der Waals surface area contributed by atoms with Gasteiger partial charge in [-0.15, -0.1) is 0 Å². The van der Waals surface area contributed by atoms with Gasteiger partial charge in [-0.05, 0) is 18.4 Å². The van der Waals surface area contributed by atoms with E-state index in [1.165, 1.54) is 0 Å². The molecule has 64 valence electrons. The molecule has 0 saturated carbocycles. The van der Waals surface area contributed by atoms with Crippen molar-refractivity contribution in [3.8, 4) is 0 Å². The molecule has 1 atom stereocenters. The maximum absolute atomic E-state index is 11.1. The zero-order valence-corrected chi connectivity index (χ0v) is 7.98. The molecule has 1 heteroatoms. The van der Waals surface area contributed by atoms with Gasteiger partial charge in [-0.3, -0.25) is 4.79 Å². The van der Waals surface area contributed by atoms with Gasteiger partial charge >= 0.3 is 0 Å². The van der Waals surface area contributed by atoms with Gasteiger partial charge in [0.05, 0.1) is 0 Å². The highest BCUT2D eigenvalue weighted by molar-refractivity contribution is 5.94. The van der Waals surface area contributed by atoms with Crippen LogP contribution in [0.5, 0.6) is 0 Å². The molecular formula is C10H18O. The van der Waals surface area contributed by atoms with E-state index in [1.807, 2.05) is 13.8 Å². The predicted molar refractivity (Wildman–Crippen MR) is 48.5 cm³/mol. The van der Waals surface area contributed by atoms with Crippen LogP contribution in [0.25, 0.3) is 0 Å². The fraction of sp³-hybridized carbons (Fsp3) is 0.700. The first-order valence-corrected chi connectivity index (χ1v) is 4.33. The largest absolute Gasteiger partial charge is 0.295 e. The SMILES string of the molecule is CCC(=O)/C(C)=C/C(C)CC. The Morgan fingerprint density at radius 2 is 2.00 bits per heavy atom. The molecule has 11 heavy (non-hydrogen) atoms. The van der Waals surface area contributed by atoms with Crippen LogP contribution in [0.3, 0.4) is 0 Å². The lowest BCUT2D eigenvalue weighted by atomic mass is 10.0. The summed E-state index contributed by atoms with van der Waals surface area (Å²) in [4.78, 5) is 11.1. The number of rotatable bonds is 4. The fourth-order valence-corrected chi connectivity index (χ4v) is 0.916. The maximum Gasteiger partial charge on any atom is 0.157 e. The normalized spacial score (nSPS) is 14.7. The van der Waals surface area contributed by atoms with Gasteiger partial charge in [0.25, 0.3) is 0 Å². The van der Waals surface area contributed by atoms with E-state index in [2.05, 4.69) is 19.9 Å². The fourth-order valence-electron chi connectivity index (χ4n) is 0.916. The van der Waals surface area contributed by atoms with Gasteiger partial charge in [-0.1, -0.05) is 33.3 Å². The quantitative estimate of drug-likeness (QED) is 0.569. The molecule has 0 bridgehead atoms. The van der Waals surface area contributed by atoms with Gasteiger partial charge in [0, 0.05) is 6.42 Å². The van der Waals surface area contributed by atoms with E-state index in [1.54, 1.807) is 0 Å². The standard InChI is InChI=1S/C10H18O/c1-5-8(3)7-9(4)10(11)6-2/h7-8H,5-6H2,1-4H3/b9-7+. The second kappa shape index (κ2) is 5.11. The molecule has 0 aliphatic carbocycles. The minimum atomic E-state index is 0.269. The summed E-state index contributed by atoms with van der Waals surface area (Å²) in [7, 11) is 0. The summed E-state index contributed by atoms with van der Waals surface area (Å²) in [5, 5.41) is 0. The zero-order chi connectivity index (χ0) is 8.85. The van der Waals surface area contributed by atoms with Crippen molar-refractivity contribution in [3.63, 3.8) is 0 Å². The molecule has 1 nitrogen and oxygen atoms in total. The molecule has 0 saturated heterocycles. The molecule has 0 aromatic carbocycles. The molecule has 0 amide bonds. The van der Waals surface area contributed by atoms with Crippen molar-refractivity contribution in [3.05, 3.63) is 11.6 Å². The summed E-state index contributed by atoms with van der Waals surface area (Å²) >= 11 is 0. The van der Waals surface area contributed by atoms with Crippen LogP contribution in [0.4, 0.5) is 0 Å². The van der Waals surface area contributed by atoms with E-state index < -0.39 is 0 Å². The topological polar surface area (TPSA) is 17.1 Å². The second-order valence-corrected chi connectivity index (χ2v) is 3.01. The zero-order valence-electron chi connectivity index (χ0n) is 7.98. The maximum atomic E-state index is 11.1. The number of allylic oxidation sites excluding steroid dienone is 2.